The lowest BCUT2D eigenvalue weighted by Gasteiger charge is -2.06. The Balaban J connectivity index is 1.31. The summed E-state index contributed by atoms with van der Waals surface area (Å²) in [5, 5.41) is 18.9. The van der Waals surface area contributed by atoms with Crippen LogP contribution in [0, 0.1) is 0 Å². The summed E-state index contributed by atoms with van der Waals surface area (Å²) in [5.74, 6) is 0.130. The molecule has 0 atom stereocenters. The van der Waals surface area contributed by atoms with Gasteiger partial charge < -0.3 is 5.32 Å². The van der Waals surface area contributed by atoms with Gasteiger partial charge in [-0.2, -0.15) is 0 Å². The predicted molar refractivity (Wildman–Crippen MR) is 114 cm³/mol. The van der Waals surface area contributed by atoms with E-state index in [1.54, 1.807) is 29.8 Å². The van der Waals surface area contributed by atoms with Crippen LogP contribution in [0.2, 0.25) is 0 Å². The zero-order chi connectivity index (χ0) is 20.4. The maximum atomic E-state index is 12.2. The Bertz CT molecular complexity index is 1280. The van der Waals surface area contributed by atoms with E-state index in [9.17, 15) is 13.2 Å². The molecule has 3 heterocycles. The standard InChI is InChI=1S/C18H17N5O3S3/c19-29(25,26)13-3-1-12(2-4-13)5-7-20-17(24)10-28-18-15-9-16-14(6-8-27-16)23(15)11-21-22-18/h1-4,6,8-9,11H,5,7,10H2,(H,20,24)(H2,19,25,26). The van der Waals surface area contributed by atoms with Crippen molar-refractivity contribution in [2.75, 3.05) is 12.3 Å². The minimum atomic E-state index is -3.69. The molecule has 0 saturated heterocycles. The fourth-order valence-corrected chi connectivity index (χ4v) is 5.00. The van der Waals surface area contributed by atoms with Crippen molar-refractivity contribution in [1.82, 2.24) is 19.9 Å². The molecule has 0 spiro atoms. The molecule has 3 N–H and O–H groups in total. The Hall–Kier alpha value is -2.47. The number of carbonyl (C=O) groups is 1. The largest absolute Gasteiger partial charge is 0.355 e. The van der Waals surface area contributed by atoms with Gasteiger partial charge in [0.1, 0.15) is 11.4 Å². The van der Waals surface area contributed by atoms with Crippen LogP contribution >= 0.6 is 23.1 Å². The zero-order valence-corrected chi connectivity index (χ0v) is 17.6. The molecule has 150 valence electrons. The number of aromatic nitrogens is 3. The summed E-state index contributed by atoms with van der Waals surface area (Å²) in [6.45, 7) is 0.449. The third-order valence-electron chi connectivity index (χ3n) is 4.32. The number of benzene rings is 1. The van der Waals surface area contributed by atoms with Gasteiger partial charge in [0, 0.05) is 6.54 Å². The first-order chi connectivity index (χ1) is 13.9. The summed E-state index contributed by atoms with van der Waals surface area (Å²) in [6.07, 6.45) is 2.27. The van der Waals surface area contributed by atoms with Gasteiger partial charge in [0.25, 0.3) is 0 Å². The Morgan fingerprint density at radius 1 is 1.21 bits per heavy atom. The molecule has 11 heteroatoms. The summed E-state index contributed by atoms with van der Waals surface area (Å²) in [5.41, 5.74) is 2.93. The molecule has 29 heavy (non-hydrogen) atoms. The Kier molecular flexibility index (Phi) is 5.54. The molecule has 3 aromatic heterocycles. The molecule has 8 nitrogen and oxygen atoms in total. The second kappa shape index (κ2) is 8.11. The number of nitrogens with one attached hydrogen (secondary N) is 1. The van der Waals surface area contributed by atoms with Gasteiger partial charge in [-0.05, 0) is 41.6 Å². The molecule has 0 bridgehead atoms. The lowest BCUT2D eigenvalue weighted by molar-refractivity contribution is -0.118. The van der Waals surface area contributed by atoms with Gasteiger partial charge >= 0.3 is 0 Å². The number of rotatable bonds is 7. The molecule has 0 radical (unpaired) electrons. The molecule has 0 fully saturated rings. The summed E-state index contributed by atoms with van der Waals surface area (Å²) in [7, 11) is -3.69. The summed E-state index contributed by atoms with van der Waals surface area (Å²) >= 11 is 3.00. The lowest BCUT2D eigenvalue weighted by atomic mass is 10.1. The highest BCUT2D eigenvalue weighted by molar-refractivity contribution is 8.00. The average Bonchev–Trinajstić information content (AvgIpc) is 3.28. The number of nitrogens with two attached hydrogens (primary N) is 1. The van der Waals surface area contributed by atoms with Crippen molar-refractivity contribution in [1.29, 1.82) is 0 Å². The summed E-state index contributed by atoms with van der Waals surface area (Å²) in [6, 6.07) is 10.4. The topological polar surface area (TPSA) is 119 Å². The SMILES string of the molecule is NS(=O)(=O)c1ccc(CCNC(=O)CSc2nncn3c2cc2sccc23)cc1. The first kappa shape index (κ1) is 19.8. The fraction of sp³-hybridized carbons (Fsp3) is 0.167. The minimum Gasteiger partial charge on any atom is -0.355 e. The van der Waals surface area contributed by atoms with Crippen LogP contribution in [0.5, 0.6) is 0 Å². The average molecular weight is 448 g/mol. The number of sulfonamides is 1. The normalized spacial score (nSPS) is 11.9. The van der Waals surface area contributed by atoms with Crippen LogP contribution in [0.4, 0.5) is 0 Å². The highest BCUT2D eigenvalue weighted by atomic mass is 32.2. The van der Waals surface area contributed by atoms with Gasteiger partial charge in [0.05, 0.1) is 26.4 Å². The summed E-state index contributed by atoms with van der Waals surface area (Å²) < 4.78 is 25.7. The third kappa shape index (κ3) is 4.42. The number of fused-ring (bicyclic) bond motifs is 3. The van der Waals surface area contributed by atoms with Gasteiger partial charge in [0.2, 0.25) is 15.9 Å². The second-order valence-electron chi connectivity index (χ2n) is 6.28. The molecule has 1 amide bonds. The van der Waals surface area contributed by atoms with Crippen molar-refractivity contribution in [2.45, 2.75) is 16.3 Å². The van der Waals surface area contributed by atoms with Crippen LogP contribution in [-0.2, 0) is 21.2 Å². The number of hydrogen-bond donors (Lipinski definition) is 2. The molecule has 0 aliphatic rings. The molecule has 0 unspecified atom stereocenters. The van der Waals surface area contributed by atoms with E-state index in [1.807, 2.05) is 15.8 Å². The van der Waals surface area contributed by atoms with E-state index in [-0.39, 0.29) is 16.6 Å². The van der Waals surface area contributed by atoms with E-state index in [4.69, 9.17) is 5.14 Å². The lowest BCUT2D eigenvalue weighted by Crippen LogP contribution is -2.27. The van der Waals surface area contributed by atoms with Crippen molar-refractivity contribution < 1.29 is 13.2 Å². The zero-order valence-electron chi connectivity index (χ0n) is 15.1. The van der Waals surface area contributed by atoms with Gasteiger partial charge in [-0.3, -0.25) is 9.20 Å². The monoisotopic (exact) mass is 447 g/mol. The quantitative estimate of drug-likeness (QED) is 0.419. The van der Waals surface area contributed by atoms with Crippen LogP contribution in [0.1, 0.15) is 5.56 Å². The van der Waals surface area contributed by atoms with Crippen LogP contribution in [0.25, 0.3) is 15.7 Å². The molecule has 1 aromatic carbocycles. The molecule has 0 aliphatic carbocycles. The Labute approximate surface area is 175 Å². The number of thiophene rings is 1. The maximum absolute atomic E-state index is 12.2. The highest BCUT2D eigenvalue weighted by Crippen LogP contribution is 2.29. The third-order valence-corrected chi connectivity index (χ3v) is 7.08. The van der Waals surface area contributed by atoms with Crippen LogP contribution in [-0.4, -0.2) is 41.2 Å². The first-order valence-corrected chi connectivity index (χ1v) is 12.0. The molecule has 4 aromatic rings. The van der Waals surface area contributed by atoms with E-state index >= 15 is 0 Å². The highest BCUT2D eigenvalue weighted by Gasteiger charge is 2.12. The Morgan fingerprint density at radius 2 is 2.00 bits per heavy atom. The maximum Gasteiger partial charge on any atom is 0.238 e. The number of hydrogen-bond acceptors (Lipinski definition) is 7. The number of amides is 1. The van der Waals surface area contributed by atoms with Crippen LogP contribution in [0.15, 0.2) is 58.0 Å². The second-order valence-corrected chi connectivity index (χ2v) is 9.76. The van der Waals surface area contributed by atoms with E-state index in [0.717, 1.165) is 21.3 Å². The first-order valence-electron chi connectivity index (χ1n) is 8.63. The smallest absolute Gasteiger partial charge is 0.238 e. The van der Waals surface area contributed by atoms with Gasteiger partial charge in [-0.25, -0.2) is 13.6 Å². The fourth-order valence-electron chi connectivity index (χ4n) is 2.89. The molecular formula is C18H17N5O3S3. The molecule has 0 aliphatic heterocycles. The minimum absolute atomic E-state index is 0.0715. The van der Waals surface area contributed by atoms with Crippen molar-refractivity contribution in [2.24, 2.45) is 5.14 Å². The number of thioether (sulfide) groups is 1. The number of nitrogens with zero attached hydrogens (tertiary/aromatic N) is 3. The number of carbonyl (C=O) groups excluding carboxylic acids is 1. The van der Waals surface area contributed by atoms with E-state index in [0.29, 0.717) is 18.0 Å². The van der Waals surface area contributed by atoms with Gasteiger partial charge in [0.15, 0.2) is 0 Å². The van der Waals surface area contributed by atoms with E-state index < -0.39 is 10.0 Å². The van der Waals surface area contributed by atoms with Crippen LogP contribution in [0.3, 0.4) is 0 Å². The van der Waals surface area contributed by atoms with Crippen molar-refractivity contribution >= 4 is 54.8 Å². The Morgan fingerprint density at radius 3 is 2.76 bits per heavy atom. The molecule has 4 rings (SSSR count). The van der Waals surface area contributed by atoms with E-state index in [1.165, 1.54) is 23.9 Å². The van der Waals surface area contributed by atoms with Crippen molar-refractivity contribution in [3.63, 3.8) is 0 Å². The van der Waals surface area contributed by atoms with Gasteiger partial charge in [-0.1, -0.05) is 23.9 Å². The molecular weight excluding hydrogens is 430 g/mol. The molecule has 0 saturated carbocycles. The summed E-state index contributed by atoms with van der Waals surface area (Å²) in [4.78, 5) is 12.2. The van der Waals surface area contributed by atoms with Gasteiger partial charge in [-0.15, -0.1) is 21.5 Å². The van der Waals surface area contributed by atoms with E-state index in [2.05, 4.69) is 21.6 Å². The number of primary sulfonamides is 1. The van der Waals surface area contributed by atoms with Crippen molar-refractivity contribution in [3.05, 3.63) is 53.7 Å². The van der Waals surface area contributed by atoms with Crippen molar-refractivity contribution in [3.8, 4) is 0 Å². The van der Waals surface area contributed by atoms with Crippen LogP contribution < -0.4 is 10.5 Å². The predicted octanol–water partition coefficient (Wildman–Crippen LogP) is 2.04.